The van der Waals surface area contributed by atoms with Crippen LogP contribution in [0.25, 0.3) is 0 Å². The molecule has 0 unspecified atom stereocenters. The fraction of sp³-hybridized carbons (Fsp3) is 0.133. The summed E-state index contributed by atoms with van der Waals surface area (Å²) in [7, 11) is 0. The molecule has 4 nitrogen and oxygen atoms in total. The molecule has 8 heteroatoms. The third-order valence-corrected chi connectivity index (χ3v) is 3.51. The highest BCUT2D eigenvalue weighted by Crippen LogP contribution is 2.35. The van der Waals surface area contributed by atoms with Crippen molar-refractivity contribution in [2.24, 2.45) is 0 Å². The molecular formula is C15H9ClF3NO3. The number of alkyl halides is 3. The molecule has 0 saturated heterocycles. The minimum atomic E-state index is -4.52. The normalized spacial score (nSPS) is 13.0. The zero-order valence-electron chi connectivity index (χ0n) is 11.4. The number of anilines is 1. The van der Waals surface area contributed by atoms with E-state index in [1.165, 1.54) is 12.1 Å². The van der Waals surface area contributed by atoms with Gasteiger partial charge in [-0.15, -0.1) is 0 Å². The second kappa shape index (κ2) is 5.66. The van der Waals surface area contributed by atoms with Crippen molar-refractivity contribution in [1.82, 2.24) is 0 Å². The summed E-state index contributed by atoms with van der Waals surface area (Å²) in [4.78, 5) is 12.2. The van der Waals surface area contributed by atoms with Gasteiger partial charge in [0.1, 0.15) is 0 Å². The van der Waals surface area contributed by atoms with Gasteiger partial charge in [-0.05, 0) is 36.4 Å². The third-order valence-electron chi connectivity index (χ3n) is 3.18. The Morgan fingerprint density at radius 2 is 1.83 bits per heavy atom. The molecule has 0 aliphatic carbocycles. The minimum absolute atomic E-state index is 0.00657. The van der Waals surface area contributed by atoms with Crippen LogP contribution in [-0.2, 0) is 6.18 Å². The Morgan fingerprint density at radius 1 is 1.09 bits per heavy atom. The number of hydrogen-bond acceptors (Lipinski definition) is 3. The van der Waals surface area contributed by atoms with Gasteiger partial charge in [0.15, 0.2) is 11.5 Å². The maximum atomic E-state index is 12.7. The van der Waals surface area contributed by atoms with Gasteiger partial charge in [-0.2, -0.15) is 13.2 Å². The average Bonchev–Trinajstić information content (AvgIpc) is 2.95. The highest BCUT2D eigenvalue weighted by molar-refractivity contribution is 6.34. The minimum Gasteiger partial charge on any atom is -0.454 e. The van der Waals surface area contributed by atoms with E-state index in [0.717, 1.165) is 18.2 Å². The molecular weight excluding hydrogens is 335 g/mol. The Bertz CT molecular complexity index is 777. The van der Waals surface area contributed by atoms with E-state index in [0.29, 0.717) is 11.5 Å². The summed E-state index contributed by atoms with van der Waals surface area (Å²) in [6.07, 6.45) is -4.52. The van der Waals surface area contributed by atoms with Gasteiger partial charge in [-0.3, -0.25) is 4.79 Å². The van der Waals surface area contributed by atoms with Crippen molar-refractivity contribution < 1.29 is 27.4 Å². The molecule has 2 aromatic rings. The predicted molar refractivity (Wildman–Crippen MR) is 77.0 cm³/mol. The average molecular weight is 344 g/mol. The van der Waals surface area contributed by atoms with Crippen molar-refractivity contribution in [3.8, 4) is 11.5 Å². The van der Waals surface area contributed by atoms with Crippen molar-refractivity contribution in [3.05, 3.63) is 52.5 Å². The molecule has 120 valence electrons. The van der Waals surface area contributed by atoms with Gasteiger partial charge in [-0.25, -0.2) is 0 Å². The van der Waals surface area contributed by atoms with Gasteiger partial charge in [0.2, 0.25) is 6.79 Å². The van der Waals surface area contributed by atoms with Crippen LogP contribution in [0.15, 0.2) is 36.4 Å². The zero-order chi connectivity index (χ0) is 16.6. The number of ether oxygens (including phenoxy) is 2. The highest BCUT2D eigenvalue weighted by atomic mass is 35.5. The Hall–Kier alpha value is -2.41. The Balaban J connectivity index is 1.85. The molecule has 1 aliphatic rings. The number of carbonyl (C=O) groups excluding carboxylic acids is 1. The quantitative estimate of drug-likeness (QED) is 0.882. The first kappa shape index (κ1) is 15.5. The third kappa shape index (κ3) is 3.19. The number of benzene rings is 2. The van der Waals surface area contributed by atoms with Crippen molar-refractivity contribution >= 4 is 23.2 Å². The topological polar surface area (TPSA) is 47.6 Å². The molecule has 1 aliphatic heterocycles. The van der Waals surface area contributed by atoms with Crippen molar-refractivity contribution in [2.75, 3.05) is 12.1 Å². The number of halogens is 4. The lowest BCUT2D eigenvalue weighted by Gasteiger charge is -2.12. The van der Waals surface area contributed by atoms with Crippen LogP contribution in [0.1, 0.15) is 15.9 Å². The first-order valence-corrected chi connectivity index (χ1v) is 6.80. The van der Waals surface area contributed by atoms with Gasteiger partial charge in [-0.1, -0.05) is 11.6 Å². The molecule has 0 aromatic heterocycles. The second-order valence-electron chi connectivity index (χ2n) is 4.71. The van der Waals surface area contributed by atoms with Crippen molar-refractivity contribution in [3.63, 3.8) is 0 Å². The van der Waals surface area contributed by atoms with E-state index in [1.807, 2.05) is 0 Å². The Morgan fingerprint density at radius 3 is 2.57 bits per heavy atom. The molecule has 1 N–H and O–H groups in total. The summed E-state index contributed by atoms with van der Waals surface area (Å²) >= 11 is 5.84. The molecule has 0 spiro atoms. The number of fused-ring (bicyclic) bond motifs is 1. The lowest BCUT2D eigenvalue weighted by atomic mass is 10.1. The summed E-state index contributed by atoms with van der Waals surface area (Å²) < 4.78 is 48.4. The highest BCUT2D eigenvalue weighted by Gasteiger charge is 2.31. The van der Waals surface area contributed by atoms with E-state index < -0.39 is 17.6 Å². The van der Waals surface area contributed by atoms with Gasteiger partial charge in [0, 0.05) is 5.56 Å². The van der Waals surface area contributed by atoms with E-state index in [4.69, 9.17) is 21.1 Å². The van der Waals surface area contributed by atoms with E-state index >= 15 is 0 Å². The van der Waals surface area contributed by atoms with Crippen LogP contribution < -0.4 is 14.8 Å². The summed E-state index contributed by atoms with van der Waals surface area (Å²) in [6, 6.07) is 7.18. The van der Waals surface area contributed by atoms with Gasteiger partial charge < -0.3 is 14.8 Å². The van der Waals surface area contributed by atoms with Crippen LogP contribution in [0, 0.1) is 0 Å². The molecule has 3 rings (SSSR count). The molecule has 0 radical (unpaired) electrons. The predicted octanol–water partition coefficient (Wildman–Crippen LogP) is 4.34. The largest absolute Gasteiger partial charge is 0.454 e. The SMILES string of the molecule is O=C(Nc1cc(C(F)(F)F)ccc1Cl)c1ccc2c(c1)OCO2. The van der Waals surface area contributed by atoms with Crippen LogP contribution in [0.2, 0.25) is 5.02 Å². The fourth-order valence-electron chi connectivity index (χ4n) is 2.03. The summed E-state index contributed by atoms with van der Waals surface area (Å²) in [6.45, 7) is 0.0554. The second-order valence-corrected chi connectivity index (χ2v) is 5.12. The fourth-order valence-corrected chi connectivity index (χ4v) is 2.19. The monoisotopic (exact) mass is 343 g/mol. The summed E-state index contributed by atoms with van der Waals surface area (Å²) in [5.41, 5.74) is -0.810. The van der Waals surface area contributed by atoms with Gasteiger partial charge in [0.05, 0.1) is 16.3 Å². The molecule has 1 heterocycles. The molecule has 2 aromatic carbocycles. The number of rotatable bonds is 2. The lowest BCUT2D eigenvalue weighted by molar-refractivity contribution is -0.137. The lowest BCUT2D eigenvalue weighted by Crippen LogP contribution is -2.13. The smallest absolute Gasteiger partial charge is 0.416 e. The summed E-state index contributed by atoms with van der Waals surface area (Å²) in [5, 5.41) is 2.37. The first-order valence-electron chi connectivity index (χ1n) is 6.42. The Labute approximate surface area is 133 Å². The van der Waals surface area contributed by atoms with Gasteiger partial charge >= 0.3 is 6.18 Å². The standard InChI is InChI=1S/C15H9ClF3NO3/c16-10-3-2-9(15(17,18)19)6-11(10)20-14(21)8-1-4-12-13(5-8)23-7-22-12/h1-6H,7H2,(H,20,21). The van der Waals surface area contributed by atoms with E-state index in [1.54, 1.807) is 6.07 Å². The van der Waals surface area contributed by atoms with Crippen molar-refractivity contribution in [1.29, 1.82) is 0 Å². The molecule has 1 amide bonds. The number of carbonyl (C=O) groups is 1. The Kier molecular flexibility index (Phi) is 3.81. The maximum Gasteiger partial charge on any atom is 0.416 e. The molecule has 0 fully saturated rings. The van der Waals surface area contributed by atoms with Crippen molar-refractivity contribution in [2.45, 2.75) is 6.18 Å². The van der Waals surface area contributed by atoms with E-state index in [2.05, 4.69) is 5.32 Å². The van der Waals surface area contributed by atoms with E-state index in [-0.39, 0.29) is 23.1 Å². The molecule has 23 heavy (non-hydrogen) atoms. The van der Waals surface area contributed by atoms with E-state index in [9.17, 15) is 18.0 Å². The molecule has 0 atom stereocenters. The van der Waals surface area contributed by atoms with Crippen LogP contribution in [0.3, 0.4) is 0 Å². The van der Waals surface area contributed by atoms with Crippen LogP contribution >= 0.6 is 11.6 Å². The molecule has 0 saturated carbocycles. The van der Waals surface area contributed by atoms with Crippen LogP contribution in [-0.4, -0.2) is 12.7 Å². The van der Waals surface area contributed by atoms with Gasteiger partial charge in [0.25, 0.3) is 5.91 Å². The molecule has 0 bridgehead atoms. The van der Waals surface area contributed by atoms with Crippen LogP contribution in [0.4, 0.5) is 18.9 Å². The maximum absolute atomic E-state index is 12.7. The van der Waals surface area contributed by atoms with Crippen LogP contribution in [0.5, 0.6) is 11.5 Å². The number of nitrogens with one attached hydrogen (secondary N) is 1. The first-order chi connectivity index (χ1) is 10.8. The summed E-state index contributed by atoms with van der Waals surface area (Å²) in [5.74, 6) is 0.288. The number of amides is 1. The zero-order valence-corrected chi connectivity index (χ0v) is 12.2. The number of hydrogen-bond donors (Lipinski definition) is 1.